The Morgan fingerprint density at radius 1 is 1.36 bits per heavy atom. The standard InChI is InChI=1S/C9H8Cl2N2O/c10-5-1-4-2-7(12)9(14)13-8(4)3-6(5)11/h1,3,7H,2,12H2,(H,13,14). The summed E-state index contributed by atoms with van der Waals surface area (Å²) in [5.74, 6) is -0.184. The zero-order valence-electron chi connectivity index (χ0n) is 7.18. The highest BCUT2D eigenvalue weighted by Crippen LogP contribution is 2.31. The van der Waals surface area contributed by atoms with Crippen LogP contribution >= 0.6 is 23.2 Å². The predicted octanol–water partition coefficient (Wildman–Crippen LogP) is 1.82. The smallest absolute Gasteiger partial charge is 0.241 e. The van der Waals surface area contributed by atoms with Crippen molar-refractivity contribution >= 4 is 34.8 Å². The maximum Gasteiger partial charge on any atom is 0.241 e. The molecule has 0 spiro atoms. The number of amides is 1. The Kier molecular flexibility index (Phi) is 2.39. The van der Waals surface area contributed by atoms with Gasteiger partial charge in [0.2, 0.25) is 5.91 Å². The molecule has 0 saturated heterocycles. The van der Waals surface area contributed by atoms with E-state index >= 15 is 0 Å². The van der Waals surface area contributed by atoms with Gasteiger partial charge in [-0.3, -0.25) is 4.79 Å². The van der Waals surface area contributed by atoms with E-state index in [4.69, 9.17) is 28.9 Å². The molecule has 2 rings (SSSR count). The first kappa shape index (κ1) is 9.77. The lowest BCUT2D eigenvalue weighted by atomic mass is 10.00. The predicted molar refractivity (Wildman–Crippen MR) is 56.8 cm³/mol. The fraction of sp³-hybridized carbons (Fsp3) is 0.222. The molecule has 1 aliphatic rings. The van der Waals surface area contributed by atoms with Crippen LogP contribution in [0.2, 0.25) is 10.0 Å². The van der Waals surface area contributed by atoms with Gasteiger partial charge < -0.3 is 11.1 Å². The topological polar surface area (TPSA) is 55.1 Å². The monoisotopic (exact) mass is 230 g/mol. The third-order valence-electron chi connectivity index (χ3n) is 2.18. The van der Waals surface area contributed by atoms with Crippen LogP contribution in [0.3, 0.4) is 0 Å². The second-order valence-electron chi connectivity index (χ2n) is 3.22. The van der Waals surface area contributed by atoms with E-state index in [1.54, 1.807) is 12.1 Å². The minimum Gasteiger partial charge on any atom is -0.324 e. The van der Waals surface area contributed by atoms with E-state index in [1.807, 2.05) is 0 Å². The maximum absolute atomic E-state index is 11.2. The number of carbonyl (C=O) groups excluding carboxylic acids is 1. The molecule has 5 heteroatoms. The molecule has 3 N–H and O–H groups in total. The van der Waals surface area contributed by atoms with E-state index in [9.17, 15) is 4.79 Å². The Bertz CT molecular complexity index is 406. The summed E-state index contributed by atoms with van der Waals surface area (Å²) in [4.78, 5) is 11.2. The lowest BCUT2D eigenvalue weighted by Gasteiger charge is -2.22. The number of benzene rings is 1. The van der Waals surface area contributed by atoms with Gasteiger partial charge in [-0.15, -0.1) is 0 Å². The average molecular weight is 231 g/mol. The molecule has 14 heavy (non-hydrogen) atoms. The molecule has 74 valence electrons. The fourth-order valence-corrected chi connectivity index (χ4v) is 1.78. The highest BCUT2D eigenvalue weighted by molar-refractivity contribution is 6.42. The summed E-state index contributed by atoms with van der Waals surface area (Å²) < 4.78 is 0. The summed E-state index contributed by atoms with van der Waals surface area (Å²) >= 11 is 11.7. The SMILES string of the molecule is NC1Cc2cc(Cl)c(Cl)cc2NC1=O. The maximum atomic E-state index is 11.2. The third kappa shape index (κ3) is 1.59. The Hall–Kier alpha value is -0.770. The molecular formula is C9H8Cl2N2O. The van der Waals surface area contributed by atoms with Crippen LogP contribution in [0.1, 0.15) is 5.56 Å². The van der Waals surface area contributed by atoms with E-state index in [2.05, 4.69) is 5.32 Å². The van der Waals surface area contributed by atoms with Crippen molar-refractivity contribution in [2.45, 2.75) is 12.5 Å². The summed E-state index contributed by atoms with van der Waals surface area (Å²) in [6.45, 7) is 0. The van der Waals surface area contributed by atoms with Gasteiger partial charge in [0.15, 0.2) is 0 Å². The van der Waals surface area contributed by atoms with E-state index in [-0.39, 0.29) is 5.91 Å². The highest BCUT2D eigenvalue weighted by atomic mass is 35.5. The average Bonchev–Trinajstić information content (AvgIpc) is 2.11. The van der Waals surface area contributed by atoms with Crippen molar-refractivity contribution in [3.63, 3.8) is 0 Å². The van der Waals surface area contributed by atoms with Crippen molar-refractivity contribution in [1.29, 1.82) is 0 Å². The number of nitrogens with one attached hydrogen (secondary N) is 1. The molecule has 0 fully saturated rings. The molecule has 0 aromatic heterocycles. The number of fused-ring (bicyclic) bond motifs is 1. The second-order valence-corrected chi connectivity index (χ2v) is 4.04. The van der Waals surface area contributed by atoms with Gasteiger partial charge in [0.1, 0.15) is 0 Å². The normalized spacial score (nSPS) is 20.2. The molecular weight excluding hydrogens is 223 g/mol. The van der Waals surface area contributed by atoms with Crippen LogP contribution in [-0.2, 0) is 11.2 Å². The summed E-state index contributed by atoms with van der Waals surface area (Å²) in [6, 6.07) is 2.88. The van der Waals surface area contributed by atoms with Crippen LogP contribution in [0.25, 0.3) is 0 Å². The van der Waals surface area contributed by atoms with Crippen molar-refractivity contribution in [2.24, 2.45) is 5.73 Å². The number of nitrogens with two attached hydrogens (primary N) is 1. The van der Waals surface area contributed by atoms with Crippen molar-refractivity contribution in [3.05, 3.63) is 27.7 Å². The number of halogens is 2. The molecule has 0 saturated carbocycles. The first-order chi connectivity index (χ1) is 6.58. The molecule has 0 radical (unpaired) electrons. The quantitative estimate of drug-likeness (QED) is 0.715. The Morgan fingerprint density at radius 2 is 2.00 bits per heavy atom. The summed E-state index contributed by atoms with van der Waals surface area (Å²) in [6.07, 6.45) is 0.498. The molecule has 1 amide bonds. The molecule has 1 unspecified atom stereocenters. The summed E-state index contributed by atoms with van der Waals surface area (Å²) in [5.41, 5.74) is 7.22. The van der Waals surface area contributed by atoms with Gasteiger partial charge in [0.05, 0.1) is 16.1 Å². The molecule has 0 bridgehead atoms. The zero-order chi connectivity index (χ0) is 10.3. The number of rotatable bonds is 0. The van der Waals surface area contributed by atoms with Crippen LogP contribution in [0.5, 0.6) is 0 Å². The van der Waals surface area contributed by atoms with Gasteiger partial charge in [-0.05, 0) is 24.1 Å². The molecule has 1 aromatic carbocycles. The van der Waals surface area contributed by atoms with Crippen LogP contribution in [0.15, 0.2) is 12.1 Å². The molecule has 1 aromatic rings. The molecule has 1 heterocycles. The van der Waals surface area contributed by atoms with Crippen molar-refractivity contribution in [2.75, 3.05) is 5.32 Å². The first-order valence-corrected chi connectivity index (χ1v) is 4.88. The van der Waals surface area contributed by atoms with Gasteiger partial charge in [-0.1, -0.05) is 23.2 Å². The minimum absolute atomic E-state index is 0.184. The van der Waals surface area contributed by atoms with Gasteiger partial charge in [-0.2, -0.15) is 0 Å². The Morgan fingerprint density at radius 3 is 2.71 bits per heavy atom. The van der Waals surface area contributed by atoms with Crippen molar-refractivity contribution < 1.29 is 4.79 Å². The summed E-state index contributed by atoms with van der Waals surface area (Å²) in [5, 5.41) is 3.58. The van der Waals surface area contributed by atoms with Crippen LogP contribution < -0.4 is 11.1 Å². The Labute approximate surface area is 91.2 Å². The number of hydrogen-bond acceptors (Lipinski definition) is 2. The molecule has 1 atom stereocenters. The minimum atomic E-state index is -0.500. The highest BCUT2D eigenvalue weighted by Gasteiger charge is 2.23. The second kappa shape index (κ2) is 3.42. The largest absolute Gasteiger partial charge is 0.324 e. The van der Waals surface area contributed by atoms with Crippen LogP contribution in [0.4, 0.5) is 5.69 Å². The fourth-order valence-electron chi connectivity index (χ4n) is 1.43. The number of anilines is 1. The van der Waals surface area contributed by atoms with Gasteiger partial charge in [-0.25, -0.2) is 0 Å². The zero-order valence-corrected chi connectivity index (χ0v) is 8.69. The third-order valence-corrected chi connectivity index (χ3v) is 2.90. The summed E-state index contributed by atoms with van der Waals surface area (Å²) in [7, 11) is 0. The van der Waals surface area contributed by atoms with E-state index in [0.29, 0.717) is 22.2 Å². The van der Waals surface area contributed by atoms with Crippen molar-refractivity contribution in [1.82, 2.24) is 0 Å². The van der Waals surface area contributed by atoms with E-state index in [1.165, 1.54) is 0 Å². The first-order valence-electron chi connectivity index (χ1n) is 4.12. The van der Waals surface area contributed by atoms with E-state index < -0.39 is 6.04 Å². The lowest BCUT2D eigenvalue weighted by molar-refractivity contribution is -0.117. The van der Waals surface area contributed by atoms with Crippen LogP contribution in [-0.4, -0.2) is 11.9 Å². The number of carbonyl (C=O) groups is 1. The van der Waals surface area contributed by atoms with Crippen LogP contribution in [0, 0.1) is 0 Å². The number of hydrogen-bond donors (Lipinski definition) is 2. The Balaban J connectivity index is 2.47. The molecule has 1 aliphatic heterocycles. The van der Waals surface area contributed by atoms with Gasteiger partial charge in [0, 0.05) is 5.69 Å². The lowest BCUT2D eigenvalue weighted by Crippen LogP contribution is -2.41. The molecule has 0 aliphatic carbocycles. The van der Waals surface area contributed by atoms with E-state index in [0.717, 1.165) is 5.56 Å². The van der Waals surface area contributed by atoms with Crippen molar-refractivity contribution in [3.8, 4) is 0 Å². The van der Waals surface area contributed by atoms with Gasteiger partial charge in [0.25, 0.3) is 0 Å². The van der Waals surface area contributed by atoms with Gasteiger partial charge >= 0.3 is 0 Å². The molecule has 3 nitrogen and oxygen atoms in total.